The minimum Gasteiger partial charge on any atom is -0.380 e. The summed E-state index contributed by atoms with van der Waals surface area (Å²) in [5.74, 6) is -0.218. The molecule has 0 spiro atoms. The van der Waals surface area contributed by atoms with Gasteiger partial charge in [0.15, 0.2) is 0 Å². The molecule has 0 aliphatic carbocycles. The van der Waals surface area contributed by atoms with Crippen molar-refractivity contribution in [2.24, 2.45) is 0 Å². The van der Waals surface area contributed by atoms with Gasteiger partial charge >= 0.3 is 0 Å². The van der Waals surface area contributed by atoms with Gasteiger partial charge in [-0.25, -0.2) is 9.45 Å². The molecular weight excluding hydrogens is 323 g/mol. The first-order valence-corrected chi connectivity index (χ1v) is 9.14. The van der Waals surface area contributed by atoms with Crippen LogP contribution in [-0.4, -0.2) is 48.7 Å². The van der Waals surface area contributed by atoms with Gasteiger partial charge in [0.05, 0.1) is 19.3 Å². The number of hydrogen-bond donors (Lipinski definition) is 0. The van der Waals surface area contributed by atoms with Crippen molar-refractivity contribution in [1.29, 1.82) is 0 Å². The van der Waals surface area contributed by atoms with Crippen LogP contribution in [0.3, 0.4) is 0 Å². The van der Waals surface area contributed by atoms with Gasteiger partial charge in [-0.1, -0.05) is 18.6 Å². The second-order valence-electron chi connectivity index (χ2n) is 6.77. The molecule has 1 amide bonds. The average molecular weight is 350 g/mol. The minimum atomic E-state index is -0.236. The van der Waals surface area contributed by atoms with Crippen LogP contribution < -0.4 is 0 Å². The number of carbonyl (C=O) groups is 1. The van der Waals surface area contributed by atoms with Crippen molar-refractivity contribution in [3.05, 3.63) is 35.1 Å². The number of piperidine rings is 1. The van der Waals surface area contributed by atoms with E-state index in [2.05, 4.69) is 4.90 Å². The van der Waals surface area contributed by atoms with Crippen LogP contribution in [0.15, 0.2) is 18.2 Å². The molecule has 5 nitrogen and oxygen atoms in total. The van der Waals surface area contributed by atoms with Crippen molar-refractivity contribution in [3.8, 4) is 0 Å². The molecule has 1 aromatic carbocycles. The number of ether oxygens (including phenoxy) is 1. The Labute approximate surface area is 148 Å². The van der Waals surface area contributed by atoms with Gasteiger partial charge < -0.3 is 4.74 Å². The topological polar surface area (TPSA) is 42.0 Å². The van der Waals surface area contributed by atoms with E-state index >= 15 is 0 Å². The molecule has 1 atom stereocenters. The van der Waals surface area contributed by atoms with Gasteiger partial charge in [-0.3, -0.25) is 14.5 Å². The number of hydroxylamine groups is 2. The molecule has 138 valence electrons. The molecule has 6 heteroatoms. The highest BCUT2D eigenvalue weighted by Crippen LogP contribution is 2.25. The van der Waals surface area contributed by atoms with Crippen LogP contribution in [0, 0.1) is 5.82 Å². The number of benzene rings is 1. The Morgan fingerprint density at radius 2 is 2.12 bits per heavy atom. The zero-order chi connectivity index (χ0) is 17.6. The standard InChI is InChI=1S/C19H27FN2O3/c1-24-14-15-7-6-8-17(20)16(15)13-21-10-3-2-9-18(21)19(23)22-11-4-5-12-25-22/h6-8,18H,2-5,9-14H2,1H3. The summed E-state index contributed by atoms with van der Waals surface area (Å²) in [5.41, 5.74) is 1.47. The summed E-state index contributed by atoms with van der Waals surface area (Å²) in [6, 6.07) is 4.83. The lowest BCUT2D eigenvalue weighted by molar-refractivity contribution is -0.203. The van der Waals surface area contributed by atoms with E-state index in [1.165, 1.54) is 11.1 Å². The van der Waals surface area contributed by atoms with Gasteiger partial charge in [0.25, 0.3) is 5.91 Å². The lowest BCUT2D eigenvalue weighted by Gasteiger charge is -2.38. The highest BCUT2D eigenvalue weighted by Gasteiger charge is 2.34. The molecule has 25 heavy (non-hydrogen) atoms. The molecule has 2 saturated heterocycles. The van der Waals surface area contributed by atoms with Crippen LogP contribution in [0.1, 0.15) is 43.2 Å². The Balaban J connectivity index is 1.76. The van der Waals surface area contributed by atoms with Crippen molar-refractivity contribution < 1.29 is 18.8 Å². The van der Waals surface area contributed by atoms with E-state index in [0.29, 0.717) is 31.9 Å². The van der Waals surface area contributed by atoms with Gasteiger partial charge in [0, 0.05) is 25.8 Å². The fourth-order valence-corrected chi connectivity index (χ4v) is 3.67. The summed E-state index contributed by atoms with van der Waals surface area (Å²) in [6.45, 7) is 2.84. The molecule has 0 saturated carbocycles. The van der Waals surface area contributed by atoms with Crippen LogP contribution in [0.2, 0.25) is 0 Å². The number of rotatable bonds is 5. The SMILES string of the molecule is COCc1cccc(F)c1CN1CCCCC1C(=O)N1CCCCO1. The molecule has 2 aliphatic rings. The smallest absolute Gasteiger partial charge is 0.263 e. The lowest BCUT2D eigenvalue weighted by atomic mass is 9.98. The summed E-state index contributed by atoms with van der Waals surface area (Å²) in [5, 5.41) is 1.52. The third kappa shape index (κ3) is 4.37. The molecule has 2 fully saturated rings. The van der Waals surface area contributed by atoms with Crippen LogP contribution in [0.4, 0.5) is 4.39 Å². The first-order chi connectivity index (χ1) is 12.2. The maximum atomic E-state index is 14.4. The molecule has 2 heterocycles. The van der Waals surface area contributed by atoms with Gasteiger partial charge in [-0.2, -0.15) is 0 Å². The zero-order valence-corrected chi connectivity index (χ0v) is 14.9. The van der Waals surface area contributed by atoms with E-state index in [9.17, 15) is 9.18 Å². The predicted molar refractivity (Wildman–Crippen MR) is 92.1 cm³/mol. The number of carbonyl (C=O) groups excluding carboxylic acids is 1. The maximum absolute atomic E-state index is 14.4. The number of methoxy groups -OCH3 is 1. The molecule has 1 aromatic rings. The Morgan fingerprint density at radius 1 is 1.28 bits per heavy atom. The third-order valence-corrected chi connectivity index (χ3v) is 5.02. The van der Waals surface area contributed by atoms with E-state index in [0.717, 1.165) is 44.2 Å². The number of amides is 1. The molecule has 1 unspecified atom stereocenters. The highest BCUT2D eigenvalue weighted by molar-refractivity contribution is 5.81. The summed E-state index contributed by atoms with van der Waals surface area (Å²) in [7, 11) is 1.61. The molecule has 0 N–H and O–H groups in total. The quantitative estimate of drug-likeness (QED) is 0.819. The number of halogens is 1. The second kappa shape index (κ2) is 8.74. The van der Waals surface area contributed by atoms with Crippen molar-refractivity contribution in [1.82, 2.24) is 9.96 Å². The van der Waals surface area contributed by atoms with Crippen molar-refractivity contribution in [2.75, 3.05) is 26.8 Å². The fraction of sp³-hybridized carbons (Fsp3) is 0.632. The van der Waals surface area contributed by atoms with Crippen LogP contribution in [0.25, 0.3) is 0 Å². The van der Waals surface area contributed by atoms with Crippen molar-refractivity contribution >= 4 is 5.91 Å². The number of nitrogens with zero attached hydrogens (tertiary/aromatic N) is 2. The predicted octanol–water partition coefficient (Wildman–Crippen LogP) is 2.88. The molecule has 0 bridgehead atoms. The molecule has 0 radical (unpaired) electrons. The Hall–Kier alpha value is -1.50. The lowest BCUT2D eigenvalue weighted by Crippen LogP contribution is -2.51. The van der Waals surface area contributed by atoms with E-state index in [1.54, 1.807) is 13.2 Å². The third-order valence-electron chi connectivity index (χ3n) is 5.02. The molecule has 2 aliphatic heterocycles. The first kappa shape index (κ1) is 18.3. The van der Waals surface area contributed by atoms with Gasteiger partial charge in [-0.15, -0.1) is 0 Å². The second-order valence-corrected chi connectivity index (χ2v) is 6.77. The molecular formula is C19H27FN2O3. The van der Waals surface area contributed by atoms with Crippen molar-refractivity contribution in [2.45, 2.75) is 51.3 Å². The van der Waals surface area contributed by atoms with Crippen LogP contribution in [-0.2, 0) is 27.5 Å². The summed E-state index contributed by atoms with van der Waals surface area (Å²) in [6.07, 6.45) is 4.81. The largest absolute Gasteiger partial charge is 0.380 e. The summed E-state index contributed by atoms with van der Waals surface area (Å²) < 4.78 is 19.6. The van der Waals surface area contributed by atoms with E-state index in [-0.39, 0.29) is 17.8 Å². The van der Waals surface area contributed by atoms with E-state index in [4.69, 9.17) is 9.57 Å². The monoisotopic (exact) mass is 350 g/mol. The minimum absolute atomic E-state index is 0.0176. The summed E-state index contributed by atoms with van der Waals surface area (Å²) >= 11 is 0. The Bertz CT molecular complexity index is 590. The number of likely N-dealkylation sites (tertiary alicyclic amines) is 1. The van der Waals surface area contributed by atoms with Crippen LogP contribution >= 0.6 is 0 Å². The maximum Gasteiger partial charge on any atom is 0.263 e. The Kier molecular flexibility index (Phi) is 6.39. The highest BCUT2D eigenvalue weighted by atomic mass is 19.1. The fourth-order valence-electron chi connectivity index (χ4n) is 3.67. The van der Waals surface area contributed by atoms with Crippen LogP contribution in [0.5, 0.6) is 0 Å². The normalized spacial score (nSPS) is 22.2. The molecule has 3 rings (SSSR count). The Morgan fingerprint density at radius 3 is 2.88 bits per heavy atom. The zero-order valence-electron chi connectivity index (χ0n) is 14.9. The van der Waals surface area contributed by atoms with E-state index < -0.39 is 0 Å². The van der Waals surface area contributed by atoms with Gasteiger partial charge in [0.1, 0.15) is 5.82 Å². The summed E-state index contributed by atoms with van der Waals surface area (Å²) in [4.78, 5) is 20.5. The van der Waals surface area contributed by atoms with E-state index in [1.807, 2.05) is 6.07 Å². The average Bonchev–Trinajstić information content (AvgIpc) is 2.65. The number of hydrogen-bond acceptors (Lipinski definition) is 4. The van der Waals surface area contributed by atoms with Gasteiger partial charge in [-0.05, 0) is 43.9 Å². The van der Waals surface area contributed by atoms with Gasteiger partial charge in [0.2, 0.25) is 0 Å². The van der Waals surface area contributed by atoms with Crippen molar-refractivity contribution in [3.63, 3.8) is 0 Å². The molecule has 0 aromatic heterocycles. The first-order valence-electron chi connectivity index (χ1n) is 9.14.